The number of aliphatic hydroxyl groups is 1. The van der Waals surface area contributed by atoms with Crippen LogP contribution in [0.15, 0.2) is 59.8 Å². The van der Waals surface area contributed by atoms with E-state index in [2.05, 4.69) is 20.9 Å². The topological polar surface area (TPSA) is 159 Å². The second kappa shape index (κ2) is 22.2. The van der Waals surface area contributed by atoms with Gasteiger partial charge in [0.05, 0.1) is 17.2 Å². The molecule has 2 aromatic rings. The largest absolute Gasteiger partial charge is 0.444 e. The number of amides is 4. The number of aliphatic hydroxyl groups excluding tert-OH is 1. The first-order valence-electron chi connectivity index (χ1n) is 19.2. The van der Waals surface area contributed by atoms with Gasteiger partial charge in [0.2, 0.25) is 5.91 Å². The molecule has 2 aliphatic rings. The molecule has 4 rings (SSSR count). The maximum absolute atomic E-state index is 13.9. The van der Waals surface area contributed by atoms with Crippen molar-refractivity contribution in [3.8, 4) is 0 Å². The zero-order valence-electron chi connectivity index (χ0n) is 32.2. The highest BCUT2D eigenvalue weighted by molar-refractivity contribution is 7.99. The van der Waals surface area contributed by atoms with Crippen molar-refractivity contribution in [1.29, 1.82) is 0 Å². The minimum atomic E-state index is -1.19. The van der Waals surface area contributed by atoms with E-state index in [-0.39, 0.29) is 18.4 Å². The second-order valence-corrected chi connectivity index (χ2v) is 17.2. The number of benzene rings is 1. The molecule has 1 saturated carbocycles. The number of nitrogens with one attached hydrogen (secondary N) is 3. The molecule has 1 aromatic heterocycles. The molecule has 1 aromatic carbocycles. The third kappa shape index (κ3) is 15.3. The van der Waals surface area contributed by atoms with Gasteiger partial charge in [0.1, 0.15) is 11.6 Å². The van der Waals surface area contributed by atoms with Crippen LogP contribution in [0.5, 0.6) is 0 Å². The molecule has 0 unspecified atom stereocenters. The van der Waals surface area contributed by atoms with Crippen molar-refractivity contribution in [1.82, 2.24) is 25.8 Å². The van der Waals surface area contributed by atoms with Crippen LogP contribution in [0.3, 0.4) is 0 Å². The van der Waals surface area contributed by atoms with Gasteiger partial charge in [0.25, 0.3) is 5.91 Å². The average Bonchev–Trinajstić information content (AvgIpc) is 3.14. The van der Waals surface area contributed by atoms with E-state index in [1.807, 2.05) is 54.8 Å². The number of aromatic nitrogens is 1. The fraction of sp³-hybridized carbons (Fsp3) is 0.625. The molecule has 14 heteroatoms. The maximum atomic E-state index is 13.9. The van der Waals surface area contributed by atoms with E-state index in [0.29, 0.717) is 56.2 Å². The molecule has 298 valence electrons. The van der Waals surface area contributed by atoms with Crippen LogP contribution in [0, 0.1) is 5.92 Å². The van der Waals surface area contributed by atoms with Gasteiger partial charge in [-0.2, -0.15) is 11.8 Å². The minimum Gasteiger partial charge on any atom is -0.444 e. The van der Waals surface area contributed by atoms with E-state index in [4.69, 9.17) is 9.47 Å². The van der Waals surface area contributed by atoms with Crippen LogP contribution in [-0.4, -0.2) is 106 Å². The van der Waals surface area contributed by atoms with Gasteiger partial charge in [-0.1, -0.05) is 68.5 Å². The molecule has 4 amide bonds. The molecule has 1 aliphatic heterocycles. The van der Waals surface area contributed by atoms with E-state index >= 15 is 0 Å². The molecule has 1 saturated heterocycles. The first kappa shape index (κ1) is 43.2. The summed E-state index contributed by atoms with van der Waals surface area (Å²) in [4.78, 5) is 59.5. The van der Waals surface area contributed by atoms with Crippen LogP contribution in [0.25, 0.3) is 0 Å². The van der Waals surface area contributed by atoms with Crippen LogP contribution < -0.4 is 16.0 Å². The summed E-state index contributed by atoms with van der Waals surface area (Å²) in [5.41, 5.74) is 0.187. The molecular weight excluding hydrogens is 727 g/mol. The van der Waals surface area contributed by atoms with Crippen molar-refractivity contribution in [2.24, 2.45) is 5.92 Å². The molecule has 4 N–H and O–H groups in total. The van der Waals surface area contributed by atoms with Gasteiger partial charge in [-0.25, -0.2) is 14.6 Å². The predicted molar refractivity (Wildman–Crippen MR) is 213 cm³/mol. The van der Waals surface area contributed by atoms with Crippen molar-refractivity contribution >= 4 is 47.5 Å². The predicted octanol–water partition coefficient (Wildman–Crippen LogP) is 5.96. The molecule has 1 aliphatic carbocycles. The SMILES string of the molecule is CSC[C@H](NC(=O)[C@H](Cc1ccccc1)OC(=O)N1CCC(NC(=O)OC(C)(C)C)CC1)C(=O)N[C@@H](CC1CCCCC1)[C@@H](O)CCSc1ccccn1. The Morgan fingerprint density at radius 1 is 0.944 bits per heavy atom. The Labute approximate surface area is 329 Å². The monoisotopic (exact) mass is 785 g/mol. The van der Waals surface area contributed by atoms with Crippen molar-refractivity contribution in [3.63, 3.8) is 0 Å². The Balaban J connectivity index is 1.39. The molecule has 4 atom stereocenters. The number of likely N-dealkylation sites (tertiary alicyclic amines) is 1. The van der Waals surface area contributed by atoms with Crippen molar-refractivity contribution in [2.45, 2.75) is 126 Å². The smallest absolute Gasteiger partial charge is 0.410 e. The minimum absolute atomic E-state index is 0.125. The van der Waals surface area contributed by atoms with E-state index < -0.39 is 48.0 Å². The Morgan fingerprint density at radius 2 is 1.65 bits per heavy atom. The number of thioether (sulfide) groups is 2. The number of rotatable bonds is 17. The average molecular weight is 786 g/mol. The molecule has 54 heavy (non-hydrogen) atoms. The number of carbonyl (C=O) groups excluding carboxylic acids is 4. The summed E-state index contributed by atoms with van der Waals surface area (Å²) < 4.78 is 11.2. The third-order valence-electron chi connectivity index (χ3n) is 9.65. The molecule has 0 spiro atoms. The number of hydrogen-bond acceptors (Lipinski definition) is 10. The van der Waals surface area contributed by atoms with Crippen LogP contribution >= 0.6 is 23.5 Å². The lowest BCUT2D eigenvalue weighted by Gasteiger charge is -2.33. The van der Waals surface area contributed by atoms with Gasteiger partial charge in [-0.15, -0.1) is 11.8 Å². The Kier molecular flexibility index (Phi) is 17.7. The zero-order valence-corrected chi connectivity index (χ0v) is 33.8. The summed E-state index contributed by atoms with van der Waals surface area (Å²) in [5.74, 6) is 0.399. The number of ether oxygens (including phenoxy) is 2. The summed E-state index contributed by atoms with van der Waals surface area (Å²) in [7, 11) is 0. The molecule has 12 nitrogen and oxygen atoms in total. The normalized spacial score (nSPS) is 17.8. The number of nitrogens with zero attached hydrogens (tertiary/aromatic N) is 2. The lowest BCUT2D eigenvalue weighted by Crippen LogP contribution is -2.56. The lowest BCUT2D eigenvalue weighted by molar-refractivity contribution is -0.134. The zero-order chi connectivity index (χ0) is 38.9. The van der Waals surface area contributed by atoms with Gasteiger partial charge >= 0.3 is 12.2 Å². The Morgan fingerprint density at radius 3 is 2.30 bits per heavy atom. The quantitative estimate of drug-likeness (QED) is 0.141. The van der Waals surface area contributed by atoms with Gasteiger partial charge in [-0.3, -0.25) is 9.59 Å². The highest BCUT2D eigenvalue weighted by Crippen LogP contribution is 2.29. The van der Waals surface area contributed by atoms with Crippen molar-refractivity contribution in [2.75, 3.05) is 30.9 Å². The van der Waals surface area contributed by atoms with Crippen LogP contribution in [0.4, 0.5) is 9.59 Å². The summed E-state index contributed by atoms with van der Waals surface area (Å²) in [6, 6.07) is 13.5. The van der Waals surface area contributed by atoms with Crippen LogP contribution in [0.2, 0.25) is 0 Å². The maximum Gasteiger partial charge on any atom is 0.410 e. The summed E-state index contributed by atoms with van der Waals surface area (Å²) >= 11 is 2.98. The number of alkyl carbamates (subject to hydrolysis) is 1. The second-order valence-electron chi connectivity index (χ2n) is 15.2. The van der Waals surface area contributed by atoms with E-state index in [1.54, 1.807) is 38.7 Å². The first-order valence-corrected chi connectivity index (χ1v) is 21.6. The van der Waals surface area contributed by atoms with Gasteiger partial charge < -0.3 is 35.4 Å². The summed E-state index contributed by atoms with van der Waals surface area (Å²) in [5, 5.41) is 21.2. The first-order chi connectivity index (χ1) is 25.9. The Hall–Kier alpha value is -3.49. The van der Waals surface area contributed by atoms with Crippen LogP contribution in [-0.2, 0) is 25.5 Å². The number of hydrogen-bond donors (Lipinski definition) is 4. The van der Waals surface area contributed by atoms with E-state index in [1.165, 1.54) is 23.1 Å². The van der Waals surface area contributed by atoms with E-state index in [9.17, 15) is 24.3 Å². The summed E-state index contributed by atoms with van der Waals surface area (Å²) in [6.45, 7) is 6.07. The Bertz CT molecular complexity index is 1450. The van der Waals surface area contributed by atoms with Gasteiger partial charge in [0, 0.05) is 43.3 Å². The van der Waals surface area contributed by atoms with Crippen molar-refractivity contribution in [3.05, 3.63) is 60.3 Å². The van der Waals surface area contributed by atoms with E-state index in [0.717, 1.165) is 36.3 Å². The number of carbonyl (C=O) groups is 4. The van der Waals surface area contributed by atoms with Crippen LogP contribution in [0.1, 0.15) is 84.1 Å². The molecule has 2 heterocycles. The molecule has 0 radical (unpaired) electrons. The van der Waals surface area contributed by atoms with Gasteiger partial charge in [0.15, 0.2) is 6.10 Å². The molecular formula is C40H59N5O7S2. The summed E-state index contributed by atoms with van der Waals surface area (Å²) in [6.07, 6.45) is 8.42. The fourth-order valence-electron chi connectivity index (χ4n) is 6.80. The standard InChI is InChI=1S/C40H59N5O7S2/c1-40(2,3)52-38(49)42-30-18-22-45(23-19-30)39(50)51-34(26-29-15-9-6-10-16-29)37(48)44-32(27-53-4)36(47)43-31(25-28-13-7-5-8-14-28)33(46)20-24-54-35-17-11-12-21-41-35/h6,9-12,15-17,21,28,30-34,46H,5,7-8,13-14,18-20,22-27H2,1-4H3,(H,42,49)(H,43,47)(H,44,48)/t31-,32-,33-,34-/m0/s1. The number of pyridine rings is 1. The highest BCUT2D eigenvalue weighted by Gasteiger charge is 2.34. The highest BCUT2D eigenvalue weighted by atomic mass is 32.2. The molecule has 2 fully saturated rings. The lowest BCUT2D eigenvalue weighted by atomic mass is 9.83. The van der Waals surface area contributed by atoms with Gasteiger partial charge in [-0.05, 0) is 76.3 Å². The fourth-order valence-corrected chi connectivity index (χ4v) is 8.25. The van der Waals surface area contributed by atoms with Crippen molar-refractivity contribution < 1.29 is 33.8 Å². The third-order valence-corrected chi connectivity index (χ3v) is 11.3. The molecule has 0 bridgehead atoms. The number of piperidine rings is 1.